The third-order valence-electron chi connectivity index (χ3n) is 3.57. The van der Waals surface area contributed by atoms with E-state index in [9.17, 15) is 5.11 Å². The van der Waals surface area contributed by atoms with Crippen molar-refractivity contribution in [1.82, 2.24) is 4.98 Å². The van der Waals surface area contributed by atoms with Gasteiger partial charge in [-0.15, -0.1) is 0 Å². The minimum Gasteiger partial charge on any atom is -0.469 e. The van der Waals surface area contributed by atoms with Crippen LogP contribution in [0.1, 0.15) is 24.2 Å². The lowest BCUT2D eigenvalue weighted by molar-refractivity contribution is 0.220. The first-order valence-corrected chi connectivity index (χ1v) is 6.98. The standard InChI is InChI=1S/C18H17NO2/c1-13(14-7-3-2-4-8-14)21-18-17-10-6-5-9-16(17)15(12-20)11-19-18/h2-11,13,20H,12H2,1H3. The summed E-state index contributed by atoms with van der Waals surface area (Å²) in [6, 6.07) is 17.9. The molecule has 0 amide bonds. The number of fused-ring (bicyclic) bond motifs is 1. The smallest absolute Gasteiger partial charge is 0.221 e. The quantitative estimate of drug-likeness (QED) is 0.788. The van der Waals surface area contributed by atoms with Crippen LogP contribution in [0.4, 0.5) is 0 Å². The van der Waals surface area contributed by atoms with E-state index in [-0.39, 0.29) is 12.7 Å². The Morgan fingerprint density at radius 2 is 1.67 bits per heavy atom. The average molecular weight is 279 g/mol. The molecule has 0 aliphatic heterocycles. The lowest BCUT2D eigenvalue weighted by Gasteiger charge is -2.16. The van der Waals surface area contributed by atoms with E-state index in [2.05, 4.69) is 4.98 Å². The molecule has 3 aromatic rings. The zero-order valence-corrected chi connectivity index (χ0v) is 11.9. The lowest BCUT2D eigenvalue weighted by Crippen LogP contribution is -2.05. The number of pyridine rings is 1. The number of aromatic nitrogens is 1. The van der Waals surface area contributed by atoms with E-state index < -0.39 is 0 Å². The topological polar surface area (TPSA) is 42.4 Å². The van der Waals surface area contributed by atoms with Crippen molar-refractivity contribution in [3.8, 4) is 5.88 Å². The normalized spacial score (nSPS) is 12.3. The van der Waals surface area contributed by atoms with Gasteiger partial charge in [-0.1, -0.05) is 48.5 Å². The molecular formula is C18H17NO2. The summed E-state index contributed by atoms with van der Waals surface area (Å²) >= 11 is 0. The first-order valence-electron chi connectivity index (χ1n) is 6.98. The fraction of sp³-hybridized carbons (Fsp3) is 0.167. The Morgan fingerprint density at radius 3 is 2.38 bits per heavy atom. The van der Waals surface area contributed by atoms with Gasteiger partial charge in [-0.05, 0) is 23.9 Å². The molecule has 0 saturated heterocycles. The van der Waals surface area contributed by atoms with Gasteiger partial charge in [0, 0.05) is 17.1 Å². The summed E-state index contributed by atoms with van der Waals surface area (Å²) in [5.41, 5.74) is 1.92. The van der Waals surface area contributed by atoms with Gasteiger partial charge in [0.2, 0.25) is 5.88 Å². The average Bonchev–Trinajstić information content (AvgIpc) is 2.56. The fourth-order valence-electron chi connectivity index (χ4n) is 2.40. The molecule has 21 heavy (non-hydrogen) atoms. The van der Waals surface area contributed by atoms with Crippen LogP contribution < -0.4 is 4.74 Å². The molecular weight excluding hydrogens is 262 g/mol. The van der Waals surface area contributed by atoms with E-state index in [1.54, 1.807) is 6.20 Å². The molecule has 1 N–H and O–H groups in total. The van der Waals surface area contributed by atoms with Crippen molar-refractivity contribution < 1.29 is 9.84 Å². The van der Waals surface area contributed by atoms with Gasteiger partial charge in [-0.2, -0.15) is 0 Å². The van der Waals surface area contributed by atoms with Crippen LogP contribution >= 0.6 is 0 Å². The van der Waals surface area contributed by atoms with Gasteiger partial charge in [0.05, 0.1) is 6.61 Å². The summed E-state index contributed by atoms with van der Waals surface area (Å²) in [6.07, 6.45) is 1.59. The lowest BCUT2D eigenvalue weighted by atomic mass is 10.1. The van der Waals surface area contributed by atoms with Gasteiger partial charge in [0.1, 0.15) is 6.10 Å². The van der Waals surface area contributed by atoms with Gasteiger partial charge in [0.25, 0.3) is 0 Å². The maximum absolute atomic E-state index is 9.41. The van der Waals surface area contributed by atoms with Crippen LogP contribution in [-0.4, -0.2) is 10.1 Å². The maximum atomic E-state index is 9.41. The number of nitrogens with zero attached hydrogens (tertiary/aromatic N) is 1. The Morgan fingerprint density at radius 1 is 1.00 bits per heavy atom. The van der Waals surface area contributed by atoms with Crippen LogP contribution in [0.15, 0.2) is 60.8 Å². The first kappa shape index (κ1) is 13.6. The second kappa shape index (κ2) is 5.94. The second-order valence-electron chi connectivity index (χ2n) is 4.96. The highest BCUT2D eigenvalue weighted by atomic mass is 16.5. The second-order valence-corrected chi connectivity index (χ2v) is 4.96. The van der Waals surface area contributed by atoms with Crippen molar-refractivity contribution in [3.63, 3.8) is 0 Å². The molecule has 3 heteroatoms. The number of aliphatic hydroxyl groups is 1. The number of aliphatic hydroxyl groups excluding tert-OH is 1. The minimum absolute atomic E-state index is 0.0258. The maximum Gasteiger partial charge on any atom is 0.221 e. The van der Waals surface area contributed by atoms with Crippen LogP contribution in [0.3, 0.4) is 0 Å². The summed E-state index contributed by atoms with van der Waals surface area (Å²) in [7, 11) is 0. The van der Waals surface area contributed by atoms with E-state index in [1.165, 1.54) is 0 Å². The van der Waals surface area contributed by atoms with Crippen LogP contribution in [0.25, 0.3) is 10.8 Å². The third kappa shape index (κ3) is 2.73. The zero-order valence-electron chi connectivity index (χ0n) is 11.9. The molecule has 0 aliphatic carbocycles. The molecule has 1 aromatic heterocycles. The molecule has 1 atom stereocenters. The summed E-state index contributed by atoms with van der Waals surface area (Å²) in [5.74, 6) is 0.596. The van der Waals surface area contributed by atoms with Crippen molar-refractivity contribution in [2.45, 2.75) is 19.6 Å². The van der Waals surface area contributed by atoms with Crippen molar-refractivity contribution in [3.05, 3.63) is 71.9 Å². The Bertz CT molecular complexity index is 741. The predicted octanol–water partition coefficient (Wildman–Crippen LogP) is 3.87. The predicted molar refractivity (Wildman–Crippen MR) is 83.2 cm³/mol. The van der Waals surface area contributed by atoms with Crippen molar-refractivity contribution in [1.29, 1.82) is 0 Å². The van der Waals surface area contributed by atoms with Crippen LogP contribution in [0.2, 0.25) is 0 Å². The van der Waals surface area contributed by atoms with Gasteiger partial charge in [-0.25, -0.2) is 4.98 Å². The third-order valence-corrected chi connectivity index (χ3v) is 3.57. The molecule has 106 valence electrons. The first-order chi connectivity index (χ1) is 10.3. The molecule has 0 radical (unpaired) electrons. The number of rotatable bonds is 4. The van der Waals surface area contributed by atoms with Crippen LogP contribution in [0, 0.1) is 0 Å². The van der Waals surface area contributed by atoms with E-state index >= 15 is 0 Å². The largest absolute Gasteiger partial charge is 0.469 e. The highest BCUT2D eigenvalue weighted by Crippen LogP contribution is 2.29. The van der Waals surface area contributed by atoms with Crippen LogP contribution in [0.5, 0.6) is 5.88 Å². The van der Waals surface area contributed by atoms with Gasteiger partial charge >= 0.3 is 0 Å². The van der Waals surface area contributed by atoms with E-state index in [0.29, 0.717) is 5.88 Å². The number of hydrogen-bond donors (Lipinski definition) is 1. The van der Waals surface area contributed by atoms with Crippen molar-refractivity contribution >= 4 is 10.8 Å². The Balaban J connectivity index is 1.98. The summed E-state index contributed by atoms with van der Waals surface area (Å²) in [5, 5.41) is 11.3. The van der Waals surface area contributed by atoms with Gasteiger partial charge < -0.3 is 9.84 Å². The zero-order chi connectivity index (χ0) is 14.7. The highest BCUT2D eigenvalue weighted by molar-refractivity contribution is 5.89. The van der Waals surface area contributed by atoms with E-state index in [4.69, 9.17) is 4.74 Å². The molecule has 1 heterocycles. The highest BCUT2D eigenvalue weighted by Gasteiger charge is 2.12. The molecule has 3 rings (SSSR count). The van der Waals surface area contributed by atoms with Gasteiger partial charge in [0.15, 0.2) is 0 Å². The number of benzene rings is 2. The summed E-state index contributed by atoms with van der Waals surface area (Å²) < 4.78 is 6.02. The fourth-order valence-corrected chi connectivity index (χ4v) is 2.40. The van der Waals surface area contributed by atoms with Crippen molar-refractivity contribution in [2.75, 3.05) is 0 Å². The molecule has 3 nitrogen and oxygen atoms in total. The number of hydrogen-bond acceptors (Lipinski definition) is 3. The minimum atomic E-state index is -0.0814. The van der Waals surface area contributed by atoms with Gasteiger partial charge in [-0.3, -0.25) is 0 Å². The summed E-state index contributed by atoms with van der Waals surface area (Å²) in [6.45, 7) is 1.98. The molecule has 1 unspecified atom stereocenters. The Kier molecular flexibility index (Phi) is 3.84. The number of ether oxygens (including phenoxy) is 1. The molecule has 0 spiro atoms. The van der Waals surface area contributed by atoms with E-state index in [0.717, 1.165) is 21.9 Å². The molecule has 0 saturated carbocycles. The van der Waals surface area contributed by atoms with Crippen LogP contribution in [-0.2, 0) is 6.61 Å². The van der Waals surface area contributed by atoms with Crippen molar-refractivity contribution in [2.24, 2.45) is 0 Å². The monoisotopic (exact) mass is 279 g/mol. The molecule has 0 fully saturated rings. The Labute approximate surface area is 123 Å². The SMILES string of the molecule is CC(Oc1ncc(CO)c2ccccc12)c1ccccc1. The molecule has 0 aliphatic rings. The summed E-state index contributed by atoms with van der Waals surface area (Å²) in [4.78, 5) is 4.36. The molecule has 2 aromatic carbocycles. The molecule has 0 bridgehead atoms. The van der Waals surface area contributed by atoms with E-state index in [1.807, 2.05) is 61.5 Å². The Hall–Kier alpha value is -2.39.